The van der Waals surface area contributed by atoms with Crippen LogP contribution in [0.25, 0.3) is 6.08 Å². The third-order valence-corrected chi connectivity index (χ3v) is 4.40. The lowest BCUT2D eigenvalue weighted by Crippen LogP contribution is -2.17. The number of hydrogen-bond acceptors (Lipinski definition) is 4. The Morgan fingerprint density at radius 2 is 1.90 bits per heavy atom. The van der Waals surface area contributed by atoms with Crippen LogP contribution < -0.4 is 10.6 Å². The van der Waals surface area contributed by atoms with Crippen molar-refractivity contribution >= 4 is 29.3 Å². The molecule has 0 unspecified atom stereocenters. The number of ether oxygens (including phenoxy) is 1. The Balaban J connectivity index is 2.19. The van der Waals surface area contributed by atoms with Gasteiger partial charge in [-0.2, -0.15) is 5.26 Å². The van der Waals surface area contributed by atoms with E-state index in [1.54, 1.807) is 30.3 Å². The highest BCUT2D eigenvalue weighted by molar-refractivity contribution is 6.10. The van der Waals surface area contributed by atoms with Gasteiger partial charge in [0.25, 0.3) is 5.91 Å². The number of carbonyl (C=O) groups excluding carboxylic acids is 2. The second-order valence-corrected chi connectivity index (χ2v) is 6.66. The monoisotopic (exact) mass is 394 g/mol. The molecule has 2 amide bonds. The summed E-state index contributed by atoms with van der Waals surface area (Å²) in [5.74, 6) is -0.802. The van der Waals surface area contributed by atoms with Crippen molar-refractivity contribution in [3.63, 3.8) is 0 Å². The van der Waals surface area contributed by atoms with Crippen LogP contribution in [0.4, 0.5) is 11.4 Å². The van der Waals surface area contributed by atoms with E-state index >= 15 is 0 Å². The highest BCUT2D eigenvalue weighted by Crippen LogP contribution is 2.20. The van der Waals surface area contributed by atoms with E-state index in [0.29, 0.717) is 11.4 Å². The third kappa shape index (κ3) is 5.80. The summed E-state index contributed by atoms with van der Waals surface area (Å²) in [7, 11) is 1.44. The molecule has 29 heavy (non-hydrogen) atoms. The molecule has 0 spiro atoms. The summed E-state index contributed by atoms with van der Waals surface area (Å²) >= 11 is 0. The maximum atomic E-state index is 12.6. The maximum absolute atomic E-state index is 12.6. The molecule has 2 N–H and O–H groups in total. The number of aryl methyl sites for hydroxylation is 1. The zero-order valence-electron chi connectivity index (χ0n) is 17.2. The Morgan fingerprint density at radius 1 is 1.21 bits per heavy atom. The molecule has 0 aliphatic rings. The van der Waals surface area contributed by atoms with E-state index in [4.69, 9.17) is 4.74 Å². The first-order valence-corrected chi connectivity index (χ1v) is 9.38. The Morgan fingerprint density at radius 3 is 2.52 bits per heavy atom. The van der Waals surface area contributed by atoms with Gasteiger partial charge in [0.05, 0.1) is 0 Å². The number of carbonyl (C=O) groups is 2. The molecule has 1 heterocycles. The van der Waals surface area contributed by atoms with Crippen molar-refractivity contribution in [3.8, 4) is 6.07 Å². The number of amides is 2. The summed E-state index contributed by atoms with van der Waals surface area (Å²) in [4.78, 5) is 24.2. The Hall–Kier alpha value is -3.37. The number of rotatable bonds is 8. The minimum atomic E-state index is -0.506. The molecule has 7 nitrogen and oxygen atoms in total. The molecule has 0 aliphatic carbocycles. The van der Waals surface area contributed by atoms with Gasteiger partial charge < -0.3 is 19.9 Å². The molecular weight excluding hydrogens is 368 g/mol. The highest BCUT2D eigenvalue weighted by Gasteiger charge is 2.13. The van der Waals surface area contributed by atoms with Crippen molar-refractivity contribution in [2.75, 3.05) is 24.4 Å². The zero-order chi connectivity index (χ0) is 21.4. The molecule has 2 aromatic rings. The summed E-state index contributed by atoms with van der Waals surface area (Å²) in [5.41, 5.74) is 3.97. The molecule has 1 aromatic heterocycles. The van der Waals surface area contributed by atoms with Crippen molar-refractivity contribution in [1.29, 1.82) is 5.26 Å². The van der Waals surface area contributed by atoms with Crippen LogP contribution in [-0.2, 0) is 20.9 Å². The summed E-state index contributed by atoms with van der Waals surface area (Å²) in [5, 5.41) is 14.9. The van der Waals surface area contributed by atoms with Crippen molar-refractivity contribution < 1.29 is 14.3 Å². The number of nitriles is 1. The highest BCUT2D eigenvalue weighted by atomic mass is 16.5. The minimum absolute atomic E-state index is 0.00979. The number of anilines is 2. The SMILES string of the molecule is CCCn1c(C)cc(/C=C(\C#N)C(=O)Nc2cccc(NC(=O)COC)c2)c1C. The summed E-state index contributed by atoms with van der Waals surface area (Å²) in [6.07, 6.45) is 2.61. The van der Waals surface area contributed by atoms with Gasteiger partial charge in [-0.3, -0.25) is 9.59 Å². The number of aromatic nitrogens is 1. The number of nitrogens with zero attached hydrogens (tertiary/aromatic N) is 2. The Kier molecular flexibility index (Phi) is 7.75. The average Bonchev–Trinajstić information content (AvgIpc) is 2.94. The average molecular weight is 394 g/mol. The number of hydrogen-bond donors (Lipinski definition) is 2. The molecule has 7 heteroatoms. The quantitative estimate of drug-likeness (QED) is 0.528. The lowest BCUT2D eigenvalue weighted by atomic mass is 10.1. The molecule has 0 atom stereocenters. The molecule has 0 saturated heterocycles. The molecule has 1 aromatic carbocycles. The van der Waals surface area contributed by atoms with Crippen molar-refractivity contribution in [1.82, 2.24) is 4.57 Å². The fraction of sp³-hybridized carbons (Fsp3) is 0.318. The van der Waals surface area contributed by atoms with Crippen LogP contribution in [0.15, 0.2) is 35.9 Å². The lowest BCUT2D eigenvalue weighted by molar-refractivity contribution is -0.119. The van der Waals surface area contributed by atoms with Crippen LogP contribution in [-0.4, -0.2) is 30.1 Å². The van der Waals surface area contributed by atoms with Crippen LogP contribution in [0.3, 0.4) is 0 Å². The molecule has 0 aliphatic heterocycles. The Bertz CT molecular complexity index is 967. The first-order chi connectivity index (χ1) is 13.9. The third-order valence-electron chi connectivity index (χ3n) is 4.40. The van der Waals surface area contributed by atoms with E-state index in [2.05, 4.69) is 22.1 Å². The van der Waals surface area contributed by atoms with Crippen molar-refractivity contribution in [2.24, 2.45) is 0 Å². The van der Waals surface area contributed by atoms with Gasteiger partial charge >= 0.3 is 0 Å². The van der Waals surface area contributed by atoms with E-state index in [-0.39, 0.29) is 18.1 Å². The van der Waals surface area contributed by atoms with Gasteiger partial charge in [0.15, 0.2) is 0 Å². The van der Waals surface area contributed by atoms with Gasteiger partial charge in [0, 0.05) is 36.4 Å². The molecule has 0 radical (unpaired) electrons. The predicted octanol–water partition coefficient (Wildman–Crippen LogP) is 3.65. The van der Waals surface area contributed by atoms with Gasteiger partial charge in [-0.05, 0) is 56.2 Å². The molecule has 2 rings (SSSR count). The topological polar surface area (TPSA) is 96.1 Å². The lowest BCUT2D eigenvalue weighted by Gasteiger charge is -2.09. The smallest absolute Gasteiger partial charge is 0.266 e. The van der Waals surface area contributed by atoms with E-state index in [1.165, 1.54) is 7.11 Å². The molecule has 152 valence electrons. The van der Waals surface area contributed by atoms with Crippen molar-refractivity contribution in [3.05, 3.63) is 52.9 Å². The normalized spacial score (nSPS) is 11.1. The van der Waals surface area contributed by atoms with Crippen LogP contribution >= 0.6 is 0 Å². The maximum Gasteiger partial charge on any atom is 0.266 e. The number of nitrogens with one attached hydrogen (secondary N) is 2. The van der Waals surface area contributed by atoms with Crippen LogP contribution in [0, 0.1) is 25.2 Å². The molecule has 0 bridgehead atoms. The predicted molar refractivity (Wildman–Crippen MR) is 113 cm³/mol. The second kappa shape index (κ2) is 10.2. The van der Waals surface area contributed by atoms with Gasteiger partial charge in [0.1, 0.15) is 18.2 Å². The minimum Gasteiger partial charge on any atom is -0.375 e. The first-order valence-electron chi connectivity index (χ1n) is 9.38. The Labute approximate surface area is 171 Å². The van der Waals surface area contributed by atoms with Crippen LogP contribution in [0.1, 0.15) is 30.3 Å². The summed E-state index contributed by atoms with van der Waals surface area (Å²) < 4.78 is 6.95. The molecule has 0 fully saturated rings. The standard InChI is InChI=1S/C22H26N4O3/c1-5-9-26-15(2)10-17(16(26)3)11-18(13-23)22(28)25-20-8-6-7-19(12-20)24-21(27)14-29-4/h6-8,10-12H,5,9,14H2,1-4H3,(H,24,27)(H,25,28)/b18-11+. The summed E-state index contributed by atoms with van der Waals surface area (Å²) in [6, 6.07) is 10.7. The van der Waals surface area contributed by atoms with E-state index in [9.17, 15) is 14.9 Å². The number of methoxy groups -OCH3 is 1. The van der Waals surface area contributed by atoms with Gasteiger partial charge in [-0.15, -0.1) is 0 Å². The second-order valence-electron chi connectivity index (χ2n) is 6.66. The molecule has 0 saturated carbocycles. The van der Waals surface area contributed by atoms with E-state index in [1.807, 2.05) is 26.0 Å². The van der Waals surface area contributed by atoms with Gasteiger partial charge in [0.2, 0.25) is 5.91 Å². The zero-order valence-corrected chi connectivity index (χ0v) is 17.2. The largest absolute Gasteiger partial charge is 0.375 e. The van der Waals surface area contributed by atoms with Gasteiger partial charge in [-0.25, -0.2) is 0 Å². The van der Waals surface area contributed by atoms with Gasteiger partial charge in [-0.1, -0.05) is 13.0 Å². The first kappa shape index (κ1) is 21.9. The van der Waals surface area contributed by atoms with Crippen LogP contribution in [0.2, 0.25) is 0 Å². The van der Waals surface area contributed by atoms with Crippen molar-refractivity contribution in [2.45, 2.75) is 33.7 Å². The van der Waals surface area contributed by atoms with E-state index < -0.39 is 5.91 Å². The fourth-order valence-electron chi connectivity index (χ4n) is 3.05. The molecular formula is C22H26N4O3. The summed E-state index contributed by atoms with van der Waals surface area (Å²) in [6.45, 7) is 6.92. The van der Waals surface area contributed by atoms with E-state index in [0.717, 1.165) is 29.9 Å². The fourth-order valence-corrected chi connectivity index (χ4v) is 3.05. The number of benzene rings is 1. The van der Waals surface area contributed by atoms with Crippen LogP contribution in [0.5, 0.6) is 0 Å².